The van der Waals surface area contributed by atoms with Crippen LogP contribution in [0.4, 0.5) is 5.13 Å². The van der Waals surface area contributed by atoms with Crippen molar-refractivity contribution in [3.63, 3.8) is 0 Å². The first kappa shape index (κ1) is 25.7. The number of amides is 1. The Morgan fingerprint density at radius 1 is 1.11 bits per heavy atom. The van der Waals surface area contributed by atoms with Crippen molar-refractivity contribution in [1.82, 2.24) is 4.98 Å². The predicted octanol–water partition coefficient (Wildman–Crippen LogP) is 5.49. The third kappa shape index (κ3) is 4.34. The molecule has 2 aromatic carbocycles. The van der Waals surface area contributed by atoms with Crippen LogP contribution in [0.5, 0.6) is 5.75 Å². The molecule has 1 fully saturated rings. The molecule has 4 rings (SSSR count). The number of esters is 1. The van der Waals surface area contributed by atoms with Gasteiger partial charge in [-0.3, -0.25) is 14.5 Å². The number of methoxy groups -OCH3 is 2. The molecule has 1 unspecified atom stereocenters. The summed E-state index contributed by atoms with van der Waals surface area (Å²) >= 11 is 13.5. The highest BCUT2D eigenvalue weighted by Crippen LogP contribution is 2.46. The van der Waals surface area contributed by atoms with Crippen molar-refractivity contribution in [1.29, 1.82) is 0 Å². The summed E-state index contributed by atoms with van der Waals surface area (Å²) in [5.41, 5.74) is 1.47. The van der Waals surface area contributed by atoms with Gasteiger partial charge < -0.3 is 14.6 Å². The average molecular weight is 547 g/mol. The van der Waals surface area contributed by atoms with E-state index in [0.717, 1.165) is 16.2 Å². The number of hydrogen-bond acceptors (Lipinski definition) is 8. The first-order valence-corrected chi connectivity index (χ1v) is 12.1. The molecule has 1 atom stereocenters. The SMILES string of the molecule is COC(=O)c1sc(N2C(=O)C(=O)C(=C(O)c3ccc(OC)cc3C)C2c2ccc(Cl)cc2Cl)nc1C. The van der Waals surface area contributed by atoms with Gasteiger partial charge in [-0.2, -0.15) is 0 Å². The Labute approximate surface area is 220 Å². The fourth-order valence-corrected chi connectivity index (χ4v) is 5.51. The number of aromatic nitrogens is 1. The van der Waals surface area contributed by atoms with Gasteiger partial charge >= 0.3 is 11.9 Å². The van der Waals surface area contributed by atoms with Gasteiger partial charge in [0.05, 0.1) is 31.5 Å². The van der Waals surface area contributed by atoms with Crippen molar-refractivity contribution in [2.24, 2.45) is 0 Å². The lowest BCUT2D eigenvalue weighted by Gasteiger charge is -2.24. The van der Waals surface area contributed by atoms with Crippen LogP contribution < -0.4 is 9.64 Å². The second kappa shape index (κ2) is 9.93. The van der Waals surface area contributed by atoms with Crippen LogP contribution in [0.3, 0.4) is 0 Å². The summed E-state index contributed by atoms with van der Waals surface area (Å²) < 4.78 is 10.0. The molecule has 0 spiro atoms. The number of carbonyl (C=O) groups excluding carboxylic acids is 3. The molecule has 11 heteroatoms. The van der Waals surface area contributed by atoms with Gasteiger partial charge in [0.15, 0.2) is 5.13 Å². The molecule has 1 N–H and O–H groups in total. The maximum Gasteiger partial charge on any atom is 0.350 e. The van der Waals surface area contributed by atoms with E-state index in [1.807, 2.05) is 0 Å². The lowest BCUT2D eigenvalue weighted by Crippen LogP contribution is -2.29. The first-order valence-electron chi connectivity index (χ1n) is 10.6. The number of aliphatic hydroxyl groups is 1. The average Bonchev–Trinajstić information content (AvgIpc) is 3.34. The molecule has 0 aliphatic carbocycles. The van der Waals surface area contributed by atoms with Crippen LogP contribution in [-0.4, -0.2) is 42.0 Å². The van der Waals surface area contributed by atoms with Crippen LogP contribution in [0.25, 0.3) is 5.76 Å². The van der Waals surface area contributed by atoms with Gasteiger partial charge in [-0.05, 0) is 55.3 Å². The minimum atomic E-state index is -1.13. The number of benzene rings is 2. The smallest absolute Gasteiger partial charge is 0.350 e. The molecule has 1 aliphatic rings. The van der Waals surface area contributed by atoms with E-state index in [9.17, 15) is 19.5 Å². The number of thiazole rings is 1. The number of hydrogen-bond donors (Lipinski definition) is 1. The van der Waals surface area contributed by atoms with Crippen LogP contribution in [0.15, 0.2) is 42.0 Å². The molecule has 3 aromatic rings. The van der Waals surface area contributed by atoms with E-state index in [1.54, 1.807) is 44.2 Å². The number of aryl methyl sites for hydroxylation is 2. The van der Waals surface area contributed by atoms with Gasteiger partial charge in [0.2, 0.25) is 0 Å². The largest absolute Gasteiger partial charge is 0.507 e. The summed E-state index contributed by atoms with van der Waals surface area (Å²) in [7, 11) is 2.75. The number of nitrogens with zero attached hydrogens (tertiary/aromatic N) is 2. The summed E-state index contributed by atoms with van der Waals surface area (Å²) in [6, 6.07) is 8.41. The minimum absolute atomic E-state index is 0.0801. The summed E-state index contributed by atoms with van der Waals surface area (Å²) in [4.78, 5) is 44.6. The first-order chi connectivity index (χ1) is 17.1. The maximum atomic E-state index is 13.4. The van der Waals surface area contributed by atoms with E-state index < -0.39 is 23.7 Å². The standard InChI is InChI=1S/C25H20Cl2N2O6S/c1-11-9-14(34-3)6-8-15(11)20(30)18-19(16-7-5-13(26)10-17(16)27)29(23(32)21(18)31)25-28-12(2)22(36-25)24(33)35-4/h5-10,19,30H,1-4H3. The van der Waals surface area contributed by atoms with Crippen LogP contribution in [0, 0.1) is 13.8 Å². The maximum absolute atomic E-state index is 13.4. The van der Waals surface area contributed by atoms with Crippen LogP contribution in [0.2, 0.25) is 10.0 Å². The third-order valence-corrected chi connectivity index (χ3v) is 7.45. The molecule has 1 amide bonds. The Bertz CT molecular complexity index is 1450. The van der Waals surface area contributed by atoms with Crippen molar-refractivity contribution in [3.8, 4) is 5.75 Å². The molecule has 1 saturated heterocycles. The molecule has 8 nitrogen and oxygen atoms in total. The topological polar surface area (TPSA) is 106 Å². The van der Waals surface area contributed by atoms with Crippen molar-refractivity contribution in [2.45, 2.75) is 19.9 Å². The fraction of sp³-hybridized carbons (Fsp3) is 0.200. The Morgan fingerprint density at radius 3 is 2.44 bits per heavy atom. The lowest BCUT2D eigenvalue weighted by molar-refractivity contribution is -0.132. The van der Waals surface area contributed by atoms with E-state index in [0.29, 0.717) is 33.2 Å². The van der Waals surface area contributed by atoms with Gasteiger partial charge in [-0.25, -0.2) is 9.78 Å². The van der Waals surface area contributed by atoms with E-state index in [4.69, 9.17) is 32.7 Å². The monoisotopic (exact) mass is 546 g/mol. The molecule has 0 bridgehead atoms. The number of ether oxygens (including phenoxy) is 2. The number of halogens is 2. The van der Waals surface area contributed by atoms with Crippen LogP contribution in [-0.2, 0) is 14.3 Å². The molecular weight excluding hydrogens is 527 g/mol. The van der Waals surface area contributed by atoms with Gasteiger partial charge in [-0.1, -0.05) is 40.6 Å². The quantitative estimate of drug-likeness (QED) is 0.195. The van der Waals surface area contributed by atoms with Gasteiger partial charge in [0, 0.05) is 15.6 Å². The summed E-state index contributed by atoms with van der Waals surface area (Å²) in [5.74, 6) is -2.29. The highest BCUT2D eigenvalue weighted by atomic mass is 35.5. The van der Waals surface area contributed by atoms with Gasteiger partial charge in [-0.15, -0.1) is 0 Å². The zero-order valence-electron chi connectivity index (χ0n) is 19.6. The van der Waals surface area contributed by atoms with E-state index in [1.165, 1.54) is 20.3 Å². The Hall–Kier alpha value is -3.40. The molecule has 0 radical (unpaired) electrons. The summed E-state index contributed by atoms with van der Waals surface area (Å²) in [6.07, 6.45) is 0. The Kier molecular flexibility index (Phi) is 7.08. The van der Waals surface area contributed by atoms with E-state index >= 15 is 0 Å². The Morgan fingerprint density at radius 2 is 1.83 bits per heavy atom. The van der Waals surface area contributed by atoms with Crippen molar-refractivity contribution in [2.75, 3.05) is 19.1 Å². The lowest BCUT2D eigenvalue weighted by atomic mass is 9.94. The molecule has 0 saturated carbocycles. The fourth-order valence-electron chi connectivity index (χ4n) is 3.99. The minimum Gasteiger partial charge on any atom is -0.507 e. The normalized spacial score (nSPS) is 16.9. The molecular formula is C25H20Cl2N2O6S. The molecule has 186 valence electrons. The van der Waals surface area contributed by atoms with Gasteiger partial charge in [0.1, 0.15) is 16.4 Å². The molecule has 2 heterocycles. The van der Waals surface area contributed by atoms with Crippen molar-refractivity contribution >= 4 is 63.1 Å². The zero-order valence-corrected chi connectivity index (χ0v) is 21.9. The second-order valence-electron chi connectivity index (χ2n) is 7.92. The summed E-state index contributed by atoms with van der Waals surface area (Å²) in [6.45, 7) is 3.33. The third-order valence-electron chi connectivity index (χ3n) is 5.75. The predicted molar refractivity (Wildman–Crippen MR) is 137 cm³/mol. The van der Waals surface area contributed by atoms with Crippen molar-refractivity contribution in [3.05, 3.63) is 79.3 Å². The van der Waals surface area contributed by atoms with E-state index in [2.05, 4.69) is 4.98 Å². The number of rotatable bonds is 5. The molecule has 1 aromatic heterocycles. The highest BCUT2D eigenvalue weighted by molar-refractivity contribution is 7.17. The molecule has 1 aliphatic heterocycles. The number of carbonyl (C=O) groups is 3. The number of anilines is 1. The number of ketones is 1. The number of Topliss-reactive ketones (excluding diaryl/α,β-unsaturated/α-hetero) is 1. The Balaban J connectivity index is 1.98. The number of aliphatic hydroxyl groups excluding tert-OH is 1. The summed E-state index contributed by atoms with van der Waals surface area (Å²) in [5, 5.41) is 12.0. The second-order valence-corrected chi connectivity index (χ2v) is 9.74. The molecule has 36 heavy (non-hydrogen) atoms. The van der Waals surface area contributed by atoms with E-state index in [-0.39, 0.29) is 26.4 Å². The van der Waals surface area contributed by atoms with Gasteiger partial charge in [0.25, 0.3) is 5.78 Å². The van der Waals surface area contributed by atoms with Crippen molar-refractivity contribution < 1.29 is 29.0 Å². The highest BCUT2D eigenvalue weighted by Gasteiger charge is 2.49. The zero-order chi connectivity index (χ0) is 26.3. The van der Waals surface area contributed by atoms with Crippen LogP contribution >= 0.6 is 34.5 Å². The van der Waals surface area contributed by atoms with Crippen LogP contribution in [0.1, 0.15) is 38.1 Å².